The van der Waals surface area contributed by atoms with E-state index in [1.807, 2.05) is 24.3 Å². The zero-order valence-corrected chi connectivity index (χ0v) is 13.5. The summed E-state index contributed by atoms with van der Waals surface area (Å²) < 4.78 is 30.3. The number of nitrogens with zero attached hydrogens (tertiary/aromatic N) is 1. The minimum absolute atomic E-state index is 0.191. The van der Waals surface area contributed by atoms with Gasteiger partial charge in [0, 0.05) is 25.7 Å². The Morgan fingerprint density at radius 1 is 1.24 bits per heavy atom. The normalized spacial score (nSPS) is 17.8. The second-order valence-corrected chi connectivity index (χ2v) is 7.56. The lowest BCUT2D eigenvalue weighted by Crippen LogP contribution is -2.45. The molecule has 6 heteroatoms. The van der Waals surface area contributed by atoms with Crippen molar-refractivity contribution < 1.29 is 13.2 Å². The van der Waals surface area contributed by atoms with Gasteiger partial charge in [-0.15, -0.1) is 0 Å². The largest absolute Gasteiger partial charge is 0.497 e. The second kappa shape index (κ2) is 7.24. The average Bonchev–Trinajstić information content (AvgIpc) is 2.54. The van der Waals surface area contributed by atoms with Crippen LogP contribution in [0.4, 0.5) is 0 Å². The maximum Gasteiger partial charge on any atom is 0.213 e. The highest BCUT2D eigenvalue weighted by Crippen LogP contribution is 2.16. The summed E-state index contributed by atoms with van der Waals surface area (Å²) in [6.07, 6.45) is 1.74. The lowest BCUT2D eigenvalue weighted by Gasteiger charge is -2.31. The Balaban J connectivity index is 1.78. The van der Waals surface area contributed by atoms with E-state index in [4.69, 9.17) is 4.74 Å². The van der Waals surface area contributed by atoms with E-state index in [-0.39, 0.29) is 5.75 Å². The number of rotatable bonds is 6. The number of ether oxygens (including phenoxy) is 1. The molecule has 118 valence electrons. The SMILES string of the molecule is CCS(=O)(=O)N1CCC(NCc2ccc(OC)cc2)CC1. The van der Waals surface area contributed by atoms with Crippen LogP contribution in [0.5, 0.6) is 5.75 Å². The lowest BCUT2D eigenvalue weighted by atomic mass is 10.1. The van der Waals surface area contributed by atoms with E-state index < -0.39 is 10.0 Å². The molecule has 5 nitrogen and oxygen atoms in total. The molecule has 1 N–H and O–H groups in total. The van der Waals surface area contributed by atoms with Crippen LogP contribution in [0.15, 0.2) is 24.3 Å². The molecule has 21 heavy (non-hydrogen) atoms. The molecule has 0 unspecified atom stereocenters. The second-order valence-electron chi connectivity index (χ2n) is 5.30. The Morgan fingerprint density at radius 3 is 2.38 bits per heavy atom. The van der Waals surface area contributed by atoms with Crippen molar-refractivity contribution >= 4 is 10.0 Å². The Kier molecular flexibility index (Phi) is 5.61. The summed E-state index contributed by atoms with van der Waals surface area (Å²) in [7, 11) is -1.37. The van der Waals surface area contributed by atoms with Crippen LogP contribution < -0.4 is 10.1 Å². The fraction of sp³-hybridized carbons (Fsp3) is 0.600. The summed E-state index contributed by atoms with van der Waals surface area (Å²) in [4.78, 5) is 0. The van der Waals surface area contributed by atoms with Gasteiger partial charge in [0.1, 0.15) is 5.75 Å². The minimum atomic E-state index is -3.03. The Bertz CT molecular complexity index is 535. The van der Waals surface area contributed by atoms with Gasteiger partial charge in [0.25, 0.3) is 0 Å². The Labute approximate surface area is 127 Å². The molecule has 1 aromatic rings. The standard InChI is InChI=1S/C15H24N2O3S/c1-3-21(18,19)17-10-8-14(9-11-17)16-12-13-4-6-15(20-2)7-5-13/h4-7,14,16H,3,8-12H2,1-2H3. The molecule has 1 fully saturated rings. The summed E-state index contributed by atoms with van der Waals surface area (Å²) in [5, 5.41) is 3.50. The molecule has 0 bridgehead atoms. The number of hydrogen-bond acceptors (Lipinski definition) is 4. The van der Waals surface area contributed by atoms with E-state index in [0.717, 1.165) is 25.1 Å². The predicted molar refractivity (Wildman–Crippen MR) is 83.9 cm³/mol. The van der Waals surface area contributed by atoms with Gasteiger partial charge in [-0.1, -0.05) is 12.1 Å². The molecule has 0 amide bonds. The quantitative estimate of drug-likeness (QED) is 0.867. The molecule has 1 aliphatic heterocycles. The molecule has 1 heterocycles. The number of nitrogens with one attached hydrogen (secondary N) is 1. The van der Waals surface area contributed by atoms with Crippen LogP contribution in [0.2, 0.25) is 0 Å². The fourth-order valence-corrected chi connectivity index (χ4v) is 3.66. The summed E-state index contributed by atoms with van der Waals surface area (Å²) in [5.74, 6) is 1.05. The highest BCUT2D eigenvalue weighted by Gasteiger charge is 2.26. The van der Waals surface area contributed by atoms with Gasteiger partial charge in [-0.2, -0.15) is 0 Å². The summed E-state index contributed by atoms with van der Waals surface area (Å²) in [6, 6.07) is 8.38. The van der Waals surface area contributed by atoms with Crippen molar-refractivity contribution in [1.82, 2.24) is 9.62 Å². The van der Waals surface area contributed by atoms with Gasteiger partial charge < -0.3 is 10.1 Å². The third kappa shape index (κ3) is 4.43. The van der Waals surface area contributed by atoms with Crippen LogP contribution in [-0.2, 0) is 16.6 Å². The monoisotopic (exact) mass is 312 g/mol. The van der Waals surface area contributed by atoms with Crippen LogP contribution in [-0.4, -0.2) is 44.7 Å². The molecule has 1 aromatic carbocycles. The van der Waals surface area contributed by atoms with Gasteiger partial charge >= 0.3 is 0 Å². The summed E-state index contributed by atoms with van der Waals surface area (Å²) in [6.45, 7) is 3.74. The number of methoxy groups -OCH3 is 1. The number of sulfonamides is 1. The average molecular weight is 312 g/mol. The number of hydrogen-bond donors (Lipinski definition) is 1. The molecule has 0 spiro atoms. The van der Waals surface area contributed by atoms with Gasteiger partial charge in [-0.05, 0) is 37.5 Å². The van der Waals surface area contributed by atoms with Crippen molar-refractivity contribution in [2.75, 3.05) is 26.0 Å². The van der Waals surface area contributed by atoms with E-state index >= 15 is 0 Å². The molecular weight excluding hydrogens is 288 g/mol. The summed E-state index contributed by atoms with van der Waals surface area (Å²) >= 11 is 0. The van der Waals surface area contributed by atoms with Crippen LogP contribution >= 0.6 is 0 Å². The van der Waals surface area contributed by atoms with Gasteiger partial charge in [-0.3, -0.25) is 0 Å². The van der Waals surface area contributed by atoms with Crippen molar-refractivity contribution in [3.05, 3.63) is 29.8 Å². The predicted octanol–water partition coefficient (Wildman–Crippen LogP) is 1.60. The molecule has 1 saturated heterocycles. The topological polar surface area (TPSA) is 58.6 Å². The third-order valence-corrected chi connectivity index (χ3v) is 5.85. The van der Waals surface area contributed by atoms with E-state index in [1.54, 1.807) is 18.3 Å². The first-order chi connectivity index (χ1) is 10.0. The number of piperidine rings is 1. The molecular formula is C15H24N2O3S. The van der Waals surface area contributed by atoms with Crippen molar-refractivity contribution in [2.45, 2.75) is 32.4 Å². The molecule has 0 aromatic heterocycles. The molecule has 0 radical (unpaired) electrons. The highest BCUT2D eigenvalue weighted by atomic mass is 32.2. The molecule has 0 atom stereocenters. The van der Waals surface area contributed by atoms with Crippen molar-refractivity contribution in [3.63, 3.8) is 0 Å². The molecule has 2 rings (SSSR count). The maximum absolute atomic E-state index is 11.8. The molecule has 0 aliphatic carbocycles. The van der Waals surface area contributed by atoms with E-state index in [1.165, 1.54) is 5.56 Å². The van der Waals surface area contributed by atoms with Crippen molar-refractivity contribution in [3.8, 4) is 5.75 Å². The van der Waals surface area contributed by atoms with Gasteiger partial charge in [0.2, 0.25) is 10.0 Å². The van der Waals surface area contributed by atoms with Crippen LogP contribution in [0.25, 0.3) is 0 Å². The maximum atomic E-state index is 11.8. The van der Waals surface area contributed by atoms with Crippen LogP contribution in [0, 0.1) is 0 Å². The Morgan fingerprint density at radius 2 is 1.86 bits per heavy atom. The van der Waals surface area contributed by atoms with E-state index in [9.17, 15) is 8.42 Å². The van der Waals surface area contributed by atoms with Crippen LogP contribution in [0.3, 0.4) is 0 Å². The molecule has 0 saturated carbocycles. The van der Waals surface area contributed by atoms with E-state index in [0.29, 0.717) is 19.1 Å². The van der Waals surface area contributed by atoms with Gasteiger partial charge in [0.15, 0.2) is 0 Å². The van der Waals surface area contributed by atoms with Gasteiger partial charge in [0.05, 0.1) is 12.9 Å². The summed E-state index contributed by atoms with van der Waals surface area (Å²) in [5.41, 5.74) is 1.21. The first-order valence-electron chi connectivity index (χ1n) is 7.39. The molecule has 1 aliphatic rings. The van der Waals surface area contributed by atoms with Crippen molar-refractivity contribution in [2.24, 2.45) is 0 Å². The first kappa shape index (κ1) is 16.3. The lowest BCUT2D eigenvalue weighted by molar-refractivity contribution is 0.289. The smallest absolute Gasteiger partial charge is 0.213 e. The fourth-order valence-electron chi connectivity index (χ4n) is 2.53. The third-order valence-electron chi connectivity index (χ3n) is 3.97. The van der Waals surface area contributed by atoms with Crippen LogP contribution in [0.1, 0.15) is 25.3 Å². The minimum Gasteiger partial charge on any atom is -0.497 e. The zero-order valence-electron chi connectivity index (χ0n) is 12.7. The van der Waals surface area contributed by atoms with E-state index in [2.05, 4.69) is 5.32 Å². The highest BCUT2D eigenvalue weighted by molar-refractivity contribution is 7.89. The number of benzene rings is 1. The van der Waals surface area contributed by atoms with Gasteiger partial charge in [-0.25, -0.2) is 12.7 Å². The zero-order chi connectivity index (χ0) is 15.3. The van der Waals surface area contributed by atoms with Crippen molar-refractivity contribution in [1.29, 1.82) is 0 Å². The Hall–Kier alpha value is -1.11. The first-order valence-corrected chi connectivity index (χ1v) is 9.00.